The topological polar surface area (TPSA) is 160 Å². The number of benzene rings is 3. The van der Waals surface area contributed by atoms with E-state index in [1.165, 1.54) is 0 Å². The number of nitrogens with one attached hydrogen (secondary N) is 2. The number of rotatable bonds is 2. The Kier molecular flexibility index (Phi) is 3.73. The van der Waals surface area contributed by atoms with Crippen molar-refractivity contribution in [2.24, 2.45) is 5.92 Å². The van der Waals surface area contributed by atoms with Gasteiger partial charge in [-0.25, -0.2) is 0 Å². The lowest BCUT2D eigenvalue weighted by Crippen LogP contribution is -2.17. The van der Waals surface area contributed by atoms with Gasteiger partial charge in [0.05, 0.1) is 28.9 Å². The number of hydrogen-bond acceptors (Lipinski definition) is 7. The Labute approximate surface area is 159 Å². The molecule has 0 unspecified atom stereocenters. The monoisotopic (exact) mass is 366 g/mol. The third-order valence-corrected chi connectivity index (χ3v) is 4.81. The summed E-state index contributed by atoms with van der Waals surface area (Å²) in [6.45, 7) is 0. The molecule has 7 nitrogen and oxygen atoms in total. The zero-order chi connectivity index (χ0) is 20.0. The van der Waals surface area contributed by atoms with Gasteiger partial charge in [-0.1, -0.05) is 30.3 Å². The fourth-order valence-electron chi connectivity index (χ4n) is 3.55. The van der Waals surface area contributed by atoms with E-state index in [0.717, 1.165) is 16.2 Å². The highest BCUT2D eigenvalue weighted by Gasteiger charge is 2.23. The molecule has 0 saturated carbocycles. The van der Waals surface area contributed by atoms with Crippen molar-refractivity contribution < 1.29 is 4.42 Å². The second-order valence-electron chi connectivity index (χ2n) is 6.37. The lowest BCUT2D eigenvalue weighted by atomic mass is 9.92. The summed E-state index contributed by atoms with van der Waals surface area (Å²) >= 11 is 0. The highest BCUT2D eigenvalue weighted by Crippen LogP contribution is 2.36. The molecule has 7 heteroatoms. The quantitative estimate of drug-likeness (QED) is 0.242. The zero-order valence-corrected chi connectivity index (χ0v) is 14.6. The lowest BCUT2D eigenvalue weighted by Gasteiger charge is -2.15. The van der Waals surface area contributed by atoms with Crippen LogP contribution in [0.15, 0.2) is 46.9 Å². The smallest absolute Gasteiger partial charge is 0.221 e. The number of nitrogens with zero attached hydrogens (tertiary/aromatic N) is 2. The van der Waals surface area contributed by atoms with Crippen molar-refractivity contribution in [2.75, 3.05) is 11.5 Å². The fourth-order valence-corrected chi connectivity index (χ4v) is 3.55. The first-order valence-electron chi connectivity index (χ1n) is 8.36. The van der Waals surface area contributed by atoms with Crippen LogP contribution < -0.4 is 17.0 Å². The van der Waals surface area contributed by atoms with Gasteiger partial charge in [-0.2, -0.15) is 10.5 Å². The Bertz CT molecular complexity index is 1440. The van der Waals surface area contributed by atoms with Crippen molar-refractivity contribution in [3.05, 3.63) is 53.6 Å². The number of fused-ring (bicyclic) bond motifs is 5. The van der Waals surface area contributed by atoms with Crippen LogP contribution in [0.3, 0.4) is 0 Å². The number of anilines is 2. The minimum atomic E-state index is -1.31. The van der Waals surface area contributed by atoms with Crippen LogP contribution in [-0.2, 0) is 0 Å². The molecule has 0 spiro atoms. The third kappa shape index (κ3) is 2.28. The second kappa shape index (κ2) is 6.11. The fraction of sp³-hybridized carbons (Fsp3) is 0.0476. The Hall–Kier alpha value is -4.36. The van der Waals surface area contributed by atoms with Gasteiger partial charge in [0.2, 0.25) is 5.55 Å². The maximum atomic E-state index is 9.12. The van der Waals surface area contributed by atoms with Gasteiger partial charge in [-0.15, -0.1) is 0 Å². The van der Waals surface area contributed by atoms with Crippen molar-refractivity contribution >= 4 is 49.6 Å². The highest BCUT2D eigenvalue weighted by molar-refractivity contribution is 6.24. The van der Waals surface area contributed by atoms with Crippen LogP contribution in [0.25, 0.3) is 32.5 Å². The molecule has 0 aliphatic carbocycles. The molecule has 134 valence electrons. The molecule has 0 atom stereocenters. The minimum Gasteiger partial charge on any atom is -0.438 e. The summed E-state index contributed by atoms with van der Waals surface area (Å²) in [5.41, 5.74) is 12.8. The van der Waals surface area contributed by atoms with Crippen LogP contribution in [0.2, 0.25) is 0 Å². The van der Waals surface area contributed by atoms with E-state index in [2.05, 4.69) is 0 Å². The Morgan fingerprint density at radius 1 is 1.00 bits per heavy atom. The first-order chi connectivity index (χ1) is 13.5. The number of nitriles is 2. The molecule has 0 radical (unpaired) electrons. The molecule has 0 aliphatic rings. The van der Waals surface area contributed by atoms with Crippen LogP contribution in [0, 0.1) is 39.4 Å². The van der Waals surface area contributed by atoms with E-state index in [0.29, 0.717) is 16.4 Å². The molecule has 4 rings (SSSR count). The molecule has 1 heterocycles. The van der Waals surface area contributed by atoms with Crippen LogP contribution in [0.5, 0.6) is 0 Å². The molecule has 6 N–H and O–H groups in total. The van der Waals surface area contributed by atoms with Gasteiger partial charge in [-0.05, 0) is 22.9 Å². The van der Waals surface area contributed by atoms with E-state index in [1.807, 2.05) is 30.3 Å². The van der Waals surface area contributed by atoms with Gasteiger partial charge in [0.25, 0.3) is 0 Å². The molecule has 0 aliphatic heterocycles. The largest absolute Gasteiger partial charge is 0.438 e. The van der Waals surface area contributed by atoms with Crippen LogP contribution >= 0.6 is 0 Å². The van der Waals surface area contributed by atoms with Gasteiger partial charge in [0.15, 0.2) is 5.92 Å². The van der Waals surface area contributed by atoms with E-state index in [-0.39, 0.29) is 28.2 Å². The molecule has 3 aromatic carbocycles. The summed E-state index contributed by atoms with van der Waals surface area (Å²) in [6, 6.07) is 16.6. The lowest BCUT2D eigenvalue weighted by molar-refractivity contribution is 0.543. The summed E-state index contributed by atoms with van der Waals surface area (Å²) in [7, 11) is 0. The van der Waals surface area contributed by atoms with Crippen molar-refractivity contribution in [1.82, 2.24) is 0 Å². The van der Waals surface area contributed by atoms with Crippen molar-refractivity contribution in [1.29, 1.82) is 21.3 Å². The minimum absolute atomic E-state index is 0.0547. The zero-order valence-electron chi connectivity index (χ0n) is 14.6. The molecule has 4 aromatic rings. The Morgan fingerprint density at radius 3 is 2.43 bits per heavy atom. The molecule has 0 fully saturated rings. The van der Waals surface area contributed by atoms with E-state index in [4.69, 9.17) is 37.2 Å². The Balaban J connectivity index is 2.21. The van der Waals surface area contributed by atoms with Crippen molar-refractivity contribution in [3.8, 4) is 12.1 Å². The van der Waals surface area contributed by atoms with Gasteiger partial charge in [0.1, 0.15) is 5.58 Å². The van der Waals surface area contributed by atoms with Gasteiger partial charge in [0, 0.05) is 22.0 Å². The number of nitrogen functional groups attached to an aromatic ring is 2. The van der Waals surface area contributed by atoms with Gasteiger partial charge < -0.3 is 21.3 Å². The second-order valence-corrected chi connectivity index (χ2v) is 6.37. The van der Waals surface area contributed by atoms with E-state index in [9.17, 15) is 0 Å². The first-order valence-corrected chi connectivity index (χ1v) is 8.36. The summed E-state index contributed by atoms with van der Waals surface area (Å²) < 4.78 is 5.70. The van der Waals surface area contributed by atoms with Crippen molar-refractivity contribution in [3.63, 3.8) is 0 Å². The van der Waals surface area contributed by atoms with Crippen LogP contribution in [0.4, 0.5) is 11.4 Å². The standard InChI is InChI=1S/C21H14N6O/c22-8-11(9-23)19(25)18-14(24)7-13-16-12-4-2-1-3-10(12)5-6-15(16)28-21(27)17(13)20(18)26/h1-7,11,25,27H,24,26H2. The normalized spacial score (nSPS) is 11.0. The summed E-state index contributed by atoms with van der Waals surface area (Å²) in [4.78, 5) is 0. The maximum absolute atomic E-state index is 9.12. The molecular weight excluding hydrogens is 352 g/mol. The Morgan fingerprint density at radius 2 is 1.71 bits per heavy atom. The molecule has 0 bridgehead atoms. The first kappa shape index (κ1) is 17.1. The van der Waals surface area contributed by atoms with Gasteiger partial charge >= 0.3 is 0 Å². The molecule has 0 amide bonds. The maximum Gasteiger partial charge on any atom is 0.221 e. The highest BCUT2D eigenvalue weighted by atomic mass is 16.3. The SMILES string of the molecule is N#CC(C#N)C(=N)c1c(N)cc2c(c1N)c(=N)oc1ccc3ccccc3c12. The predicted octanol–water partition coefficient (Wildman–Crippen LogP) is 3.41. The van der Waals surface area contributed by atoms with Crippen molar-refractivity contribution in [2.45, 2.75) is 0 Å². The molecule has 0 saturated heterocycles. The van der Waals surface area contributed by atoms with E-state index in [1.54, 1.807) is 24.3 Å². The predicted molar refractivity (Wildman–Crippen MR) is 107 cm³/mol. The molecular formula is C21H14N6O. The van der Waals surface area contributed by atoms with E-state index >= 15 is 0 Å². The average molecular weight is 366 g/mol. The summed E-state index contributed by atoms with van der Waals surface area (Å²) in [5.74, 6) is -1.31. The number of hydrogen-bond donors (Lipinski definition) is 4. The molecule has 28 heavy (non-hydrogen) atoms. The third-order valence-electron chi connectivity index (χ3n) is 4.81. The number of nitrogens with two attached hydrogens (primary N) is 2. The van der Waals surface area contributed by atoms with Crippen LogP contribution in [-0.4, -0.2) is 5.71 Å². The summed E-state index contributed by atoms with van der Waals surface area (Å²) in [5, 5.41) is 38.4. The molecule has 1 aromatic heterocycles. The van der Waals surface area contributed by atoms with Gasteiger partial charge in [-0.3, -0.25) is 5.41 Å². The summed E-state index contributed by atoms with van der Waals surface area (Å²) in [6.07, 6.45) is 0. The average Bonchev–Trinajstić information content (AvgIpc) is 2.68. The van der Waals surface area contributed by atoms with E-state index < -0.39 is 5.92 Å². The van der Waals surface area contributed by atoms with Crippen LogP contribution in [0.1, 0.15) is 5.56 Å².